The Labute approximate surface area is 212 Å². The molecule has 3 rings (SSSR count). The fourth-order valence-electron chi connectivity index (χ4n) is 4.33. The van der Waals surface area contributed by atoms with Crippen LogP contribution in [0.5, 0.6) is 0 Å². The highest BCUT2D eigenvalue weighted by Gasteiger charge is 2.49. The molecule has 0 atom stereocenters. The van der Waals surface area contributed by atoms with Crippen LogP contribution in [-0.2, 0) is 11.0 Å². The Morgan fingerprint density at radius 1 is 1.17 bits per heavy atom. The van der Waals surface area contributed by atoms with Crippen LogP contribution < -0.4 is 4.90 Å². The molecule has 0 N–H and O–H groups in total. The molecule has 35 heavy (non-hydrogen) atoms. The van der Waals surface area contributed by atoms with Gasteiger partial charge in [-0.15, -0.1) is 0 Å². The molecule has 0 bridgehead atoms. The first-order chi connectivity index (χ1) is 16.4. The van der Waals surface area contributed by atoms with Crippen LogP contribution in [0, 0.1) is 11.3 Å². The average molecular weight is 528 g/mol. The Bertz CT molecular complexity index is 1030. The van der Waals surface area contributed by atoms with Gasteiger partial charge in [0.2, 0.25) is 0 Å². The summed E-state index contributed by atoms with van der Waals surface area (Å²) in [6.45, 7) is 7.79. The number of thioether (sulfide) groups is 1. The zero-order chi connectivity index (χ0) is 26.0. The van der Waals surface area contributed by atoms with E-state index in [1.165, 1.54) is 17.8 Å². The molecule has 2 amide bonds. The van der Waals surface area contributed by atoms with Gasteiger partial charge in [-0.1, -0.05) is 11.8 Å². The van der Waals surface area contributed by atoms with Crippen LogP contribution in [-0.4, -0.2) is 82.0 Å². The molecule has 190 valence electrons. The zero-order valence-corrected chi connectivity index (χ0v) is 21.5. The number of amides is 2. The van der Waals surface area contributed by atoms with Gasteiger partial charge in [-0.2, -0.15) is 18.4 Å². The summed E-state index contributed by atoms with van der Waals surface area (Å²) in [7, 11) is 0. The predicted molar refractivity (Wildman–Crippen MR) is 133 cm³/mol. The Kier molecular flexibility index (Phi) is 8.34. The molecule has 0 saturated carbocycles. The van der Waals surface area contributed by atoms with Crippen molar-refractivity contribution in [1.29, 1.82) is 5.26 Å². The summed E-state index contributed by atoms with van der Waals surface area (Å²) in [4.78, 5) is 32.0. The molecule has 0 radical (unpaired) electrons. The summed E-state index contributed by atoms with van der Waals surface area (Å²) >= 11 is 6.75. The quantitative estimate of drug-likeness (QED) is 0.406. The molecule has 2 aliphatic rings. The fourth-order valence-corrected chi connectivity index (χ4v) is 5.28. The summed E-state index contributed by atoms with van der Waals surface area (Å²) in [5.74, 6) is -0.407. The van der Waals surface area contributed by atoms with Gasteiger partial charge in [-0.05, 0) is 69.9 Å². The number of hydrogen-bond donors (Lipinski definition) is 0. The van der Waals surface area contributed by atoms with Crippen LogP contribution in [0.25, 0.3) is 0 Å². The number of thiocarbonyl (C=S) groups is 1. The Balaban J connectivity index is 1.63. The third-order valence-electron chi connectivity index (χ3n) is 6.42. The Morgan fingerprint density at radius 3 is 2.37 bits per heavy atom. The highest BCUT2D eigenvalue weighted by Crippen LogP contribution is 2.37. The number of nitriles is 1. The molecule has 0 aliphatic carbocycles. The van der Waals surface area contributed by atoms with Gasteiger partial charge in [0.05, 0.1) is 22.9 Å². The van der Waals surface area contributed by atoms with Crippen molar-refractivity contribution >= 4 is 45.9 Å². The molecular weight excluding hydrogens is 499 g/mol. The number of halogens is 3. The number of benzene rings is 1. The standard InChI is InChI=1S/C23H28F3N5O2S2/c1-22(2)19(32)31(17-7-6-16(15-27)18(14-17)23(24,25)26)20(34)30(22)9-5-4-8-28-10-12-29(13-11-28)21(33)35-3/h6-7,14H,4-5,8-13H2,1-3H3. The number of hydrogen-bond acceptors (Lipinski definition) is 6. The minimum Gasteiger partial charge on any atom is -0.334 e. The molecule has 1 aromatic carbocycles. The number of nitrogens with zero attached hydrogens (tertiary/aromatic N) is 5. The molecule has 7 nitrogen and oxygen atoms in total. The first kappa shape index (κ1) is 27.2. The van der Waals surface area contributed by atoms with Gasteiger partial charge in [0.25, 0.3) is 11.1 Å². The van der Waals surface area contributed by atoms with Crippen LogP contribution in [0.4, 0.5) is 23.7 Å². The molecule has 2 fully saturated rings. The molecule has 2 aliphatic heterocycles. The Morgan fingerprint density at radius 2 is 1.80 bits per heavy atom. The topological polar surface area (TPSA) is 70.9 Å². The lowest BCUT2D eigenvalue weighted by Crippen LogP contribution is -2.48. The van der Waals surface area contributed by atoms with Crippen molar-refractivity contribution in [1.82, 2.24) is 14.7 Å². The highest BCUT2D eigenvalue weighted by molar-refractivity contribution is 8.12. The Hall–Kier alpha value is -2.36. The fraction of sp³-hybridized carbons (Fsp3) is 0.565. The molecule has 12 heteroatoms. The van der Waals surface area contributed by atoms with E-state index in [0.29, 0.717) is 19.6 Å². The maximum absolute atomic E-state index is 13.4. The highest BCUT2D eigenvalue weighted by atomic mass is 32.2. The van der Waals surface area contributed by atoms with Crippen molar-refractivity contribution in [3.8, 4) is 6.07 Å². The summed E-state index contributed by atoms with van der Waals surface area (Å²) < 4.78 is 40.3. The van der Waals surface area contributed by atoms with E-state index in [4.69, 9.17) is 17.5 Å². The largest absolute Gasteiger partial charge is 0.417 e. The maximum Gasteiger partial charge on any atom is 0.417 e. The van der Waals surface area contributed by atoms with Gasteiger partial charge in [0.15, 0.2) is 5.11 Å². The van der Waals surface area contributed by atoms with Crippen LogP contribution >= 0.6 is 24.0 Å². The molecule has 0 aromatic heterocycles. The van der Waals surface area contributed by atoms with Gasteiger partial charge in [0.1, 0.15) is 5.54 Å². The lowest BCUT2D eigenvalue weighted by atomic mass is 10.0. The molecular formula is C23H28F3N5O2S2. The van der Waals surface area contributed by atoms with Crippen LogP contribution in [0.1, 0.15) is 37.8 Å². The number of piperazine rings is 1. The van der Waals surface area contributed by atoms with E-state index in [-0.39, 0.29) is 16.0 Å². The third kappa shape index (κ3) is 5.73. The lowest BCUT2D eigenvalue weighted by Gasteiger charge is -2.34. The van der Waals surface area contributed by atoms with E-state index in [1.807, 2.05) is 4.90 Å². The average Bonchev–Trinajstić information content (AvgIpc) is 2.99. The van der Waals surface area contributed by atoms with Crippen molar-refractivity contribution in [2.75, 3.05) is 50.4 Å². The van der Waals surface area contributed by atoms with Crippen LogP contribution in [0.3, 0.4) is 0 Å². The van der Waals surface area contributed by atoms with Crippen molar-refractivity contribution in [2.45, 2.75) is 38.4 Å². The van der Waals surface area contributed by atoms with Gasteiger partial charge in [0, 0.05) is 32.7 Å². The number of carbonyl (C=O) groups excluding carboxylic acids is 2. The van der Waals surface area contributed by atoms with Crippen LogP contribution in [0.15, 0.2) is 18.2 Å². The van der Waals surface area contributed by atoms with E-state index in [9.17, 15) is 22.8 Å². The molecule has 0 unspecified atom stereocenters. The number of alkyl halides is 3. The summed E-state index contributed by atoms with van der Waals surface area (Å²) in [6.07, 6.45) is -1.35. The molecule has 2 saturated heterocycles. The lowest BCUT2D eigenvalue weighted by molar-refractivity contribution is -0.137. The van der Waals surface area contributed by atoms with Crippen molar-refractivity contribution in [3.63, 3.8) is 0 Å². The summed E-state index contributed by atoms with van der Waals surface area (Å²) in [6, 6.07) is 4.74. The van der Waals surface area contributed by atoms with Gasteiger partial charge in [-0.25, -0.2) is 0 Å². The van der Waals surface area contributed by atoms with E-state index < -0.39 is 28.7 Å². The van der Waals surface area contributed by atoms with E-state index in [1.54, 1.807) is 31.1 Å². The molecule has 2 heterocycles. The minimum absolute atomic E-state index is 0.000407. The minimum atomic E-state index is -4.73. The van der Waals surface area contributed by atoms with Gasteiger partial charge < -0.3 is 9.80 Å². The second kappa shape index (κ2) is 10.7. The summed E-state index contributed by atoms with van der Waals surface area (Å²) in [5, 5.41) is 9.29. The smallest absolute Gasteiger partial charge is 0.334 e. The first-order valence-electron chi connectivity index (χ1n) is 11.2. The normalized spacial score (nSPS) is 18.8. The molecule has 1 aromatic rings. The first-order valence-corrected chi connectivity index (χ1v) is 12.9. The van der Waals surface area contributed by atoms with Gasteiger partial charge >= 0.3 is 6.18 Å². The second-order valence-electron chi connectivity index (χ2n) is 8.98. The van der Waals surface area contributed by atoms with E-state index in [0.717, 1.165) is 49.5 Å². The van der Waals surface area contributed by atoms with E-state index in [2.05, 4.69) is 4.90 Å². The van der Waals surface area contributed by atoms with Crippen molar-refractivity contribution in [2.24, 2.45) is 0 Å². The number of anilines is 1. The van der Waals surface area contributed by atoms with Crippen molar-refractivity contribution < 1.29 is 22.8 Å². The molecule has 0 spiro atoms. The van der Waals surface area contributed by atoms with Crippen LogP contribution in [0.2, 0.25) is 0 Å². The summed E-state index contributed by atoms with van der Waals surface area (Å²) in [5.41, 5.74) is -2.61. The van der Waals surface area contributed by atoms with E-state index >= 15 is 0 Å². The van der Waals surface area contributed by atoms with Gasteiger partial charge in [-0.3, -0.25) is 19.4 Å². The second-order valence-corrected chi connectivity index (χ2v) is 10.1. The van der Waals surface area contributed by atoms with Crippen molar-refractivity contribution in [3.05, 3.63) is 29.3 Å². The monoisotopic (exact) mass is 527 g/mol. The SMILES string of the molecule is CSC(=O)N1CCN(CCCCN2C(=S)N(c3ccc(C#N)c(C(F)(F)F)c3)C(=O)C2(C)C)CC1. The number of carbonyl (C=O) groups is 2. The predicted octanol–water partition coefficient (Wildman–Crippen LogP) is 4.17. The maximum atomic E-state index is 13.4. The number of rotatable bonds is 6. The zero-order valence-electron chi connectivity index (χ0n) is 19.9. The number of unbranched alkanes of at least 4 members (excludes halogenated alkanes) is 1. The third-order valence-corrected chi connectivity index (χ3v) is 7.43.